The number of allylic oxidation sites excluding steroid dienone is 2. The molecular formula is C31H44N2O5S. The van der Waals surface area contributed by atoms with Crippen molar-refractivity contribution in [2.75, 3.05) is 25.1 Å². The van der Waals surface area contributed by atoms with Gasteiger partial charge in [0.05, 0.1) is 12.8 Å². The maximum atomic E-state index is 13.2. The van der Waals surface area contributed by atoms with Crippen LogP contribution >= 0.6 is 11.3 Å². The minimum atomic E-state index is -0.425. The van der Waals surface area contributed by atoms with E-state index in [1.165, 1.54) is 35.3 Å². The van der Waals surface area contributed by atoms with Gasteiger partial charge in [-0.05, 0) is 87.2 Å². The van der Waals surface area contributed by atoms with Gasteiger partial charge < -0.3 is 9.64 Å². The highest BCUT2D eigenvalue weighted by molar-refractivity contribution is 7.15. The summed E-state index contributed by atoms with van der Waals surface area (Å²) in [7, 11) is 1.37. The zero-order valence-corrected chi connectivity index (χ0v) is 24.9. The van der Waals surface area contributed by atoms with E-state index in [1.807, 2.05) is 13.0 Å². The van der Waals surface area contributed by atoms with E-state index in [2.05, 4.69) is 19.9 Å². The number of amides is 3. The van der Waals surface area contributed by atoms with Gasteiger partial charge in [-0.25, -0.2) is 4.79 Å². The number of hydrogen-bond acceptors (Lipinski definition) is 6. The van der Waals surface area contributed by atoms with Crippen LogP contribution in [0.25, 0.3) is 5.57 Å². The number of imide groups is 1. The Hall–Kier alpha value is -2.48. The molecule has 8 heteroatoms. The van der Waals surface area contributed by atoms with E-state index in [-0.39, 0.29) is 29.1 Å². The van der Waals surface area contributed by atoms with E-state index in [1.54, 1.807) is 4.90 Å². The maximum absolute atomic E-state index is 13.2. The lowest BCUT2D eigenvalue weighted by atomic mass is 9.82. The third-order valence-electron chi connectivity index (χ3n) is 8.80. The van der Waals surface area contributed by atoms with Crippen molar-refractivity contribution in [3.63, 3.8) is 0 Å². The molecule has 2 aliphatic carbocycles. The van der Waals surface area contributed by atoms with Crippen molar-refractivity contribution >= 4 is 46.3 Å². The van der Waals surface area contributed by atoms with Crippen molar-refractivity contribution in [3.05, 3.63) is 21.9 Å². The van der Waals surface area contributed by atoms with E-state index in [4.69, 9.17) is 4.74 Å². The van der Waals surface area contributed by atoms with Crippen LogP contribution in [0.1, 0.15) is 112 Å². The zero-order valence-electron chi connectivity index (χ0n) is 24.1. The molecular weight excluding hydrogens is 512 g/mol. The summed E-state index contributed by atoms with van der Waals surface area (Å²) in [6.45, 7) is 7.03. The Kier molecular flexibility index (Phi) is 9.68. The molecule has 0 N–H and O–H groups in total. The van der Waals surface area contributed by atoms with Gasteiger partial charge >= 0.3 is 5.97 Å². The largest absolute Gasteiger partial charge is 0.465 e. The number of carbonyl (C=O) groups excluding carboxylic acids is 4. The number of thiophene rings is 1. The Morgan fingerprint density at radius 3 is 2.56 bits per heavy atom. The molecule has 1 aromatic heterocycles. The summed E-state index contributed by atoms with van der Waals surface area (Å²) in [6.07, 6.45) is 12.5. The fraction of sp³-hybridized carbons (Fsp3) is 0.677. The van der Waals surface area contributed by atoms with Gasteiger partial charge in [0.25, 0.3) is 0 Å². The molecule has 7 nitrogen and oxygen atoms in total. The van der Waals surface area contributed by atoms with Gasteiger partial charge in [0.2, 0.25) is 17.7 Å². The molecule has 1 aliphatic heterocycles. The van der Waals surface area contributed by atoms with Gasteiger partial charge in [-0.15, -0.1) is 11.3 Å². The summed E-state index contributed by atoms with van der Waals surface area (Å²) in [5.74, 6) is 0.0850. The van der Waals surface area contributed by atoms with E-state index in [0.29, 0.717) is 55.3 Å². The molecule has 0 bridgehead atoms. The summed E-state index contributed by atoms with van der Waals surface area (Å²) >= 11 is 1.40. The lowest BCUT2D eigenvalue weighted by Gasteiger charge is -2.30. The maximum Gasteiger partial charge on any atom is 0.350 e. The fourth-order valence-corrected chi connectivity index (χ4v) is 7.50. The Labute approximate surface area is 236 Å². The first-order chi connectivity index (χ1) is 18.7. The number of anilines is 1. The first kappa shape index (κ1) is 29.5. The van der Waals surface area contributed by atoms with Crippen LogP contribution in [0.15, 0.2) is 12.1 Å². The minimum Gasteiger partial charge on any atom is -0.465 e. The summed E-state index contributed by atoms with van der Waals surface area (Å²) < 4.78 is 5.08. The van der Waals surface area contributed by atoms with Crippen LogP contribution in [0.4, 0.5) is 5.69 Å². The number of likely N-dealkylation sites (tertiary alicyclic amines) is 1. The monoisotopic (exact) mass is 556 g/mol. The second kappa shape index (κ2) is 12.8. The first-order valence-electron chi connectivity index (χ1n) is 14.7. The minimum absolute atomic E-state index is 0.00366. The van der Waals surface area contributed by atoms with Crippen molar-refractivity contribution in [3.8, 4) is 0 Å². The number of rotatable bonds is 9. The topological polar surface area (TPSA) is 84.0 Å². The average molecular weight is 557 g/mol. The molecule has 0 radical (unpaired) electrons. The molecule has 1 atom stereocenters. The third-order valence-corrected chi connectivity index (χ3v) is 9.98. The second-order valence-electron chi connectivity index (χ2n) is 12.1. The summed E-state index contributed by atoms with van der Waals surface area (Å²) in [5.41, 5.74) is 1.55. The molecule has 0 spiro atoms. The molecule has 2 heterocycles. The van der Waals surface area contributed by atoms with Gasteiger partial charge in [-0.3, -0.25) is 19.3 Å². The van der Waals surface area contributed by atoms with Crippen molar-refractivity contribution in [2.45, 2.75) is 97.8 Å². The highest BCUT2D eigenvalue weighted by Crippen LogP contribution is 2.41. The highest BCUT2D eigenvalue weighted by atomic mass is 32.1. The van der Waals surface area contributed by atoms with E-state index in [0.717, 1.165) is 49.8 Å². The van der Waals surface area contributed by atoms with E-state index >= 15 is 0 Å². The molecule has 1 unspecified atom stereocenters. The Bertz CT molecular complexity index is 1120. The van der Waals surface area contributed by atoms with Gasteiger partial charge in [-0.2, -0.15) is 0 Å². The Balaban J connectivity index is 1.45. The van der Waals surface area contributed by atoms with Crippen molar-refractivity contribution in [1.29, 1.82) is 0 Å². The Morgan fingerprint density at radius 1 is 1.18 bits per heavy atom. The van der Waals surface area contributed by atoms with Crippen LogP contribution in [0.3, 0.4) is 0 Å². The predicted molar refractivity (Wildman–Crippen MR) is 155 cm³/mol. The first-order valence-corrected chi connectivity index (χ1v) is 15.5. The molecule has 1 aromatic rings. The van der Waals surface area contributed by atoms with Crippen molar-refractivity contribution in [1.82, 2.24) is 4.90 Å². The lowest BCUT2D eigenvalue weighted by molar-refractivity contribution is -0.145. The molecule has 3 amide bonds. The SMILES string of the molecule is CCC(=O)N(CCCC1(C)CC(=O)N(C(=O)C2CCC(C)CC2)C1)c1cc(C2=CCCCC2)sc1C(=O)OC. The third kappa shape index (κ3) is 6.82. The molecule has 39 heavy (non-hydrogen) atoms. The van der Waals surface area contributed by atoms with Crippen molar-refractivity contribution < 1.29 is 23.9 Å². The fourth-order valence-electron chi connectivity index (χ4n) is 6.36. The second-order valence-corrected chi connectivity index (χ2v) is 13.1. The van der Waals surface area contributed by atoms with Crippen LogP contribution < -0.4 is 4.90 Å². The molecule has 1 saturated heterocycles. The summed E-state index contributed by atoms with van der Waals surface area (Å²) in [5, 5.41) is 0. The number of hydrogen-bond donors (Lipinski definition) is 0. The smallest absolute Gasteiger partial charge is 0.350 e. The van der Waals surface area contributed by atoms with Crippen molar-refractivity contribution in [2.24, 2.45) is 17.3 Å². The highest BCUT2D eigenvalue weighted by Gasteiger charge is 2.44. The molecule has 2 fully saturated rings. The molecule has 1 saturated carbocycles. The number of ether oxygens (including phenoxy) is 1. The van der Waals surface area contributed by atoms with Crippen LogP contribution in [-0.2, 0) is 19.1 Å². The van der Waals surface area contributed by atoms with Crippen LogP contribution in [0, 0.1) is 17.3 Å². The quantitative estimate of drug-likeness (QED) is 0.253. The lowest BCUT2D eigenvalue weighted by Crippen LogP contribution is -2.39. The van der Waals surface area contributed by atoms with E-state index < -0.39 is 5.97 Å². The zero-order chi connectivity index (χ0) is 28.2. The van der Waals surface area contributed by atoms with Gasteiger partial charge in [0.1, 0.15) is 4.88 Å². The summed E-state index contributed by atoms with van der Waals surface area (Å²) in [4.78, 5) is 56.6. The van der Waals surface area contributed by atoms with Crippen LogP contribution in [-0.4, -0.2) is 48.8 Å². The number of esters is 1. The number of carbonyl (C=O) groups is 4. The van der Waals surface area contributed by atoms with Gasteiger partial charge in [0.15, 0.2) is 0 Å². The average Bonchev–Trinajstić information content (AvgIpc) is 3.51. The summed E-state index contributed by atoms with van der Waals surface area (Å²) in [6, 6.07) is 1.98. The standard InChI is InChI=1S/C31H44N2O5S/c1-5-26(34)32(24-18-25(22-10-7-6-8-11-22)39-28(24)30(37)38-4)17-9-16-31(3)19-27(35)33(20-31)29(36)23-14-12-21(2)13-15-23/h10,18,21,23H,5-9,11-17,19-20H2,1-4H3. The van der Waals surface area contributed by atoms with Crippen LogP contribution in [0.2, 0.25) is 0 Å². The Morgan fingerprint density at radius 2 is 1.92 bits per heavy atom. The van der Waals surface area contributed by atoms with Gasteiger partial charge in [-0.1, -0.05) is 26.8 Å². The van der Waals surface area contributed by atoms with Crippen LogP contribution in [0.5, 0.6) is 0 Å². The number of nitrogens with zero attached hydrogens (tertiary/aromatic N) is 2. The predicted octanol–water partition coefficient (Wildman–Crippen LogP) is 6.61. The van der Waals surface area contributed by atoms with Gasteiger partial charge in [0, 0.05) is 36.7 Å². The molecule has 0 aromatic carbocycles. The van der Waals surface area contributed by atoms with E-state index in [9.17, 15) is 19.2 Å². The molecule has 3 aliphatic rings. The molecule has 214 valence electrons. The number of methoxy groups -OCH3 is 1. The normalized spacial score (nSPS) is 25.4. The molecule has 4 rings (SSSR count).